The van der Waals surface area contributed by atoms with E-state index in [-0.39, 0.29) is 18.6 Å². The van der Waals surface area contributed by atoms with Crippen LogP contribution in [0.4, 0.5) is 0 Å². The normalized spacial score (nSPS) is 20.4. The van der Waals surface area contributed by atoms with Crippen LogP contribution >= 0.6 is 15.9 Å². The molecule has 3 rings (SSSR count). The highest BCUT2D eigenvalue weighted by Crippen LogP contribution is 2.25. The summed E-state index contributed by atoms with van der Waals surface area (Å²) in [5, 5.41) is 2.71. The fraction of sp³-hybridized carbons (Fsp3) is 0.400. The summed E-state index contributed by atoms with van der Waals surface area (Å²) in [6.45, 7) is 0.859. The van der Waals surface area contributed by atoms with Gasteiger partial charge in [0.25, 0.3) is 11.8 Å². The van der Waals surface area contributed by atoms with Crippen molar-refractivity contribution >= 4 is 33.7 Å². The molecule has 116 valence electrons. The van der Waals surface area contributed by atoms with E-state index in [1.165, 1.54) is 0 Å². The first kappa shape index (κ1) is 15.2. The Kier molecular flexibility index (Phi) is 4.26. The molecule has 6 nitrogen and oxygen atoms in total. The van der Waals surface area contributed by atoms with Crippen LogP contribution in [0.15, 0.2) is 22.7 Å². The number of nitrogens with one attached hydrogen (secondary N) is 1. The van der Waals surface area contributed by atoms with E-state index < -0.39 is 11.8 Å². The van der Waals surface area contributed by atoms with Gasteiger partial charge in [-0.2, -0.15) is 0 Å². The molecule has 2 heterocycles. The summed E-state index contributed by atoms with van der Waals surface area (Å²) in [7, 11) is 0. The molecule has 2 aliphatic heterocycles. The van der Waals surface area contributed by atoms with Crippen LogP contribution in [0.2, 0.25) is 0 Å². The molecule has 7 heteroatoms. The molecule has 1 N–H and O–H groups in total. The van der Waals surface area contributed by atoms with Crippen LogP contribution < -0.4 is 5.32 Å². The Balaban J connectivity index is 1.62. The van der Waals surface area contributed by atoms with Gasteiger partial charge in [-0.05, 0) is 31.0 Å². The van der Waals surface area contributed by atoms with E-state index in [2.05, 4.69) is 21.2 Å². The molecule has 1 saturated heterocycles. The Hall–Kier alpha value is -1.73. The fourth-order valence-electron chi connectivity index (χ4n) is 2.64. The fourth-order valence-corrected chi connectivity index (χ4v) is 3.00. The predicted octanol–water partition coefficient (Wildman–Crippen LogP) is 1.34. The van der Waals surface area contributed by atoms with Crippen LogP contribution in [0.3, 0.4) is 0 Å². The first-order chi connectivity index (χ1) is 10.6. The van der Waals surface area contributed by atoms with Crippen molar-refractivity contribution < 1.29 is 19.1 Å². The summed E-state index contributed by atoms with van der Waals surface area (Å²) in [5.74, 6) is -1.22. The van der Waals surface area contributed by atoms with Crippen LogP contribution in [-0.2, 0) is 9.53 Å². The first-order valence-corrected chi connectivity index (χ1v) is 7.89. The van der Waals surface area contributed by atoms with Gasteiger partial charge in [0.15, 0.2) is 0 Å². The van der Waals surface area contributed by atoms with Crippen LogP contribution in [0.5, 0.6) is 0 Å². The Morgan fingerprint density at radius 1 is 1.32 bits per heavy atom. The molecular formula is C15H15BrN2O4. The summed E-state index contributed by atoms with van der Waals surface area (Å²) in [6, 6.07) is 4.88. The van der Waals surface area contributed by atoms with Crippen LogP contribution in [0.25, 0.3) is 0 Å². The summed E-state index contributed by atoms with van der Waals surface area (Å²) >= 11 is 3.27. The van der Waals surface area contributed by atoms with E-state index in [1.54, 1.807) is 18.2 Å². The van der Waals surface area contributed by atoms with E-state index in [0.29, 0.717) is 24.3 Å². The highest BCUT2D eigenvalue weighted by molar-refractivity contribution is 9.10. The van der Waals surface area contributed by atoms with E-state index in [0.717, 1.165) is 22.2 Å². The van der Waals surface area contributed by atoms with Gasteiger partial charge in [-0.3, -0.25) is 19.3 Å². The number of amides is 3. The van der Waals surface area contributed by atoms with Gasteiger partial charge in [-0.1, -0.05) is 15.9 Å². The van der Waals surface area contributed by atoms with Gasteiger partial charge in [-0.25, -0.2) is 0 Å². The maximum absolute atomic E-state index is 12.2. The van der Waals surface area contributed by atoms with Crippen molar-refractivity contribution in [3.05, 3.63) is 33.8 Å². The van der Waals surface area contributed by atoms with Crippen molar-refractivity contribution in [3.63, 3.8) is 0 Å². The lowest BCUT2D eigenvalue weighted by Crippen LogP contribution is -2.42. The second-order valence-corrected chi connectivity index (χ2v) is 6.24. The molecule has 3 amide bonds. The molecule has 0 radical (unpaired) electrons. The highest BCUT2D eigenvalue weighted by Gasteiger charge is 2.36. The average Bonchev–Trinajstić information content (AvgIpc) is 3.09. The van der Waals surface area contributed by atoms with Crippen LogP contribution in [0, 0.1) is 0 Å². The number of ether oxygens (including phenoxy) is 1. The SMILES string of the molecule is O=C(CN1C(=O)c2ccc(Br)cc2C1=O)NC[C@@H]1CCCO1. The number of nitrogens with zero attached hydrogens (tertiary/aromatic N) is 1. The topological polar surface area (TPSA) is 75.7 Å². The monoisotopic (exact) mass is 366 g/mol. The van der Waals surface area contributed by atoms with Gasteiger partial charge in [0, 0.05) is 17.6 Å². The molecule has 0 bridgehead atoms. The number of carbonyl (C=O) groups excluding carboxylic acids is 3. The molecule has 2 aliphatic rings. The van der Waals surface area contributed by atoms with Gasteiger partial charge >= 0.3 is 0 Å². The Morgan fingerprint density at radius 2 is 2.09 bits per heavy atom. The molecule has 0 unspecified atom stereocenters. The highest BCUT2D eigenvalue weighted by atomic mass is 79.9. The first-order valence-electron chi connectivity index (χ1n) is 7.10. The van der Waals surface area contributed by atoms with Crippen molar-refractivity contribution in [1.29, 1.82) is 0 Å². The van der Waals surface area contributed by atoms with Gasteiger partial charge < -0.3 is 10.1 Å². The Bertz CT molecular complexity index is 640. The predicted molar refractivity (Wildman–Crippen MR) is 81.5 cm³/mol. The molecule has 1 atom stereocenters. The standard InChI is InChI=1S/C15H15BrN2O4/c16-9-3-4-11-12(6-9)15(21)18(14(11)20)8-13(19)17-7-10-2-1-5-22-10/h3-4,6,10H,1-2,5,7-8H2,(H,17,19)/t10-/m0/s1. The van der Waals surface area contributed by atoms with Crippen molar-refractivity contribution in [2.45, 2.75) is 18.9 Å². The molecule has 0 spiro atoms. The molecule has 22 heavy (non-hydrogen) atoms. The quantitative estimate of drug-likeness (QED) is 0.815. The number of carbonyl (C=O) groups is 3. The number of hydrogen-bond acceptors (Lipinski definition) is 4. The number of imide groups is 1. The van der Waals surface area contributed by atoms with E-state index >= 15 is 0 Å². The minimum atomic E-state index is -0.437. The zero-order valence-electron chi connectivity index (χ0n) is 11.8. The summed E-state index contributed by atoms with van der Waals surface area (Å²) in [4.78, 5) is 37.4. The van der Waals surface area contributed by atoms with E-state index in [4.69, 9.17) is 4.74 Å². The number of hydrogen-bond donors (Lipinski definition) is 1. The molecule has 0 aliphatic carbocycles. The summed E-state index contributed by atoms with van der Waals surface area (Å²) in [5.41, 5.74) is 0.659. The Morgan fingerprint density at radius 3 is 2.82 bits per heavy atom. The third-order valence-corrected chi connectivity index (χ3v) is 4.28. The molecule has 1 aromatic rings. The second-order valence-electron chi connectivity index (χ2n) is 5.33. The molecule has 1 fully saturated rings. The third-order valence-electron chi connectivity index (χ3n) is 3.79. The number of benzene rings is 1. The summed E-state index contributed by atoms with van der Waals surface area (Å²) in [6.07, 6.45) is 1.94. The average molecular weight is 367 g/mol. The Labute approximate surface area is 135 Å². The zero-order valence-corrected chi connectivity index (χ0v) is 13.4. The molecule has 0 aromatic heterocycles. The van der Waals surface area contributed by atoms with Crippen molar-refractivity contribution in [3.8, 4) is 0 Å². The lowest BCUT2D eigenvalue weighted by atomic mass is 10.1. The number of fused-ring (bicyclic) bond motifs is 1. The lowest BCUT2D eigenvalue weighted by molar-refractivity contribution is -0.121. The van der Waals surface area contributed by atoms with Crippen molar-refractivity contribution in [2.75, 3.05) is 19.7 Å². The zero-order chi connectivity index (χ0) is 15.7. The van der Waals surface area contributed by atoms with Crippen LogP contribution in [-0.4, -0.2) is 48.4 Å². The van der Waals surface area contributed by atoms with E-state index in [1.807, 2.05) is 0 Å². The maximum Gasteiger partial charge on any atom is 0.262 e. The largest absolute Gasteiger partial charge is 0.376 e. The third kappa shape index (κ3) is 2.91. The maximum atomic E-state index is 12.2. The smallest absolute Gasteiger partial charge is 0.262 e. The number of halogens is 1. The minimum absolute atomic E-state index is 0.0297. The molecule has 0 saturated carbocycles. The molecular weight excluding hydrogens is 352 g/mol. The van der Waals surface area contributed by atoms with Gasteiger partial charge in [0.2, 0.25) is 5.91 Å². The van der Waals surface area contributed by atoms with Crippen LogP contribution in [0.1, 0.15) is 33.6 Å². The van der Waals surface area contributed by atoms with Crippen molar-refractivity contribution in [1.82, 2.24) is 10.2 Å². The molecule has 1 aromatic carbocycles. The number of rotatable bonds is 4. The second kappa shape index (κ2) is 6.18. The van der Waals surface area contributed by atoms with E-state index in [9.17, 15) is 14.4 Å². The minimum Gasteiger partial charge on any atom is -0.376 e. The van der Waals surface area contributed by atoms with Crippen molar-refractivity contribution in [2.24, 2.45) is 0 Å². The van der Waals surface area contributed by atoms with Gasteiger partial charge in [0.1, 0.15) is 6.54 Å². The van der Waals surface area contributed by atoms with Gasteiger partial charge in [0.05, 0.1) is 17.2 Å². The van der Waals surface area contributed by atoms with Gasteiger partial charge in [-0.15, -0.1) is 0 Å². The summed E-state index contributed by atoms with van der Waals surface area (Å²) < 4.78 is 6.13. The lowest BCUT2D eigenvalue weighted by Gasteiger charge is -2.15.